The van der Waals surface area contributed by atoms with Crippen molar-refractivity contribution >= 4 is 5.97 Å². The summed E-state index contributed by atoms with van der Waals surface area (Å²) in [6, 6.07) is 10.7. The molecule has 128 valence electrons. The van der Waals surface area contributed by atoms with E-state index in [9.17, 15) is 4.79 Å². The second-order valence-corrected chi connectivity index (χ2v) is 5.47. The van der Waals surface area contributed by atoms with Crippen molar-refractivity contribution < 1.29 is 14.6 Å². The summed E-state index contributed by atoms with van der Waals surface area (Å²) >= 11 is 0. The molecule has 0 aromatic carbocycles. The average molecular weight is 338 g/mol. The van der Waals surface area contributed by atoms with Crippen LogP contribution in [0, 0.1) is 0 Å². The zero-order chi connectivity index (χ0) is 17.5. The lowest BCUT2D eigenvalue weighted by Gasteiger charge is -2.06. The van der Waals surface area contributed by atoms with Gasteiger partial charge in [0.2, 0.25) is 0 Å². The number of aromatic amines is 1. The second kappa shape index (κ2) is 8.05. The summed E-state index contributed by atoms with van der Waals surface area (Å²) in [7, 11) is 0. The van der Waals surface area contributed by atoms with E-state index in [-0.39, 0.29) is 5.69 Å². The zero-order valence-corrected chi connectivity index (χ0v) is 13.6. The van der Waals surface area contributed by atoms with Crippen LogP contribution >= 0.6 is 0 Å². The molecular weight excluding hydrogens is 320 g/mol. The van der Waals surface area contributed by atoms with Crippen molar-refractivity contribution in [1.29, 1.82) is 0 Å². The van der Waals surface area contributed by atoms with Crippen molar-refractivity contribution in [2.75, 3.05) is 6.61 Å². The number of rotatable bonds is 8. The molecule has 0 radical (unpaired) electrons. The molecule has 3 aromatic heterocycles. The molecule has 0 bridgehead atoms. The molecule has 0 unspecified atom stereocenters. The van der Waals surface area contributed by atoms with Crippen molar-refractivity contribution in [2.45, 2.75) is 19.3 Å². The number of hydrogen-bond acceptors (Lipinski definition) is 5. The lowest BCUT2D eigenvalue weighted by molar-refractivity contribution is 0.0690. The van der Waals surface area contributed by atoms with Gasteiger partial charge in [0, 0.05) is 11.9 Å². The quantitative estimate of drug-likeness (QED) is 0.612. The second-order valence-electron chi connectivity index (χ2n) is 5.47. The fourth-order valence-electron chi connectivity index (χ4n) is 2.36. The Labute approximate surface area is 144 Å². The molecule has 25 heavy (non-hydrogen) atoms. The largest absolute Gasteiger partial charge is 0.492 e. The van der Waals surface area contributed by atoms with Gasteiger partial charge >= 0.3 is 5.97 Å². The Morgan fingerprint density at radius 3 is 2.80 bits per heavy atom. The summed E-state index contributed by atoms with van der Waals surface area (Å²) in [6.07, 6.45) is 5.81. The first kappa shape index (κ1) is 16.6. The van der Waals surface area contributed by atoms with Crippen LogP contribution in [0.5, 0.6) is 5.75 Å². The Balaban J connectivity index is 1.41. The molecule has 0 spiro atoms. The Morgan fingerprint density at radius 2 is 2.08 bits per heavy atom. The van der Waals surface area contributed by atoms with Crippen LogP contribution in [-0.2, 0) is 6.42 Å². The predicted molar refractivity (Wildman–Crippen MR) is 91.4 cm³/mol. The van der Waals surface area contributed by atoms with E-state index in [0.717, 1.165) is 36.3 Å². The van der Waals surface area contributed by atoms with Crippen LogP contribution < -0.4 is 4.74 Å². The topological polar surface area (TPSA) is 101 Å². The fourth-order valence-corrected chi connectivity index (χ4v) is 2.36. The van der Waals surface area contributed by atoms with Crippen molar-refractivity contribution in [3.8, 4) is 17.1 Å². The van der Waals surface area contributed by atoms with Gasteiger partial charge in [-0.05, 0) is 49.6 Å². The molecule has 0 aliphatic carbocycles. The molecular formula is C18H18N4O3. The smallest absolute Gasteiger partial charge is 0.354 e. The minimum Gasteiger partial charge on any atom is -0.492 e. The molecule has 7 heteroatoms. The molecule has 2 N–H and O–H groups in total. The number of nitrogens with one attached hydrogen (secondary N) is 1. The maximum Gasteiger partial charge on any atom is 0.354 e. The zero-order valence-electron chi connectivity index (χ0n) is 13.6. The number of H-pyrrole nitrogens is 1. The van der Waals surface area contributed by atoms with E-state index < -0.39 is 5.97 Å². The van der Waals surface area contributed by atoms with E-state index in [1.54, 1.807) is 18.5 Å². The minimum absolute atomic E-state index is 0.0807. The number of unbranched alkanes of at least 4 members (excludes halogenated alkanes) is 1. The van der Waals surface area contributed by atoms with E-state index >= 15 is 0 Å². The van der Waals surface area contributed by atoms with Gasteiger partial charge in [-0.2, -0.15) is 5.10 Å². The standard InChI is InChI=1S/C18H18N4O3/c23-18(24)17-6-3-5-13(21-17)4-1-2-11-25-14-7-8-15(19-12-14)16-9-10-20-22-16/h3,5-10,12H,1-2,4,11H2,(H,20,22)(H,23,24). The molecule has 0 saturated heterocycles. The molecule has 3 rings (SSSR count). The van der Waals surface area contributed by atoms with Gasteiger partial charge in [0.1, 0.15) is 11.4 Å². The number of nitrogens with zero attached hydrogens (tertiary/aromatic N) is 3. The number of hydrogen-bond donors (Lipinski definition) is 2. The van der Waals surface area contributed by atoms with Gasteiger partial charge in [-0.3, -0.25) is 10.1 Å². The highest BCUT2D eigenvalue weighted by atomic mass is 16.5. The van der Waals surface area contributed by atoms with Gasteiger partial charge in [0.05, 0.1) is 24.2 Å². The van der Waals surface area contributed by atoms with Crippen molar-refractivity contribution in [2.24, 2.45) is 0 Å². The summed E-state index contributed by atoms with van der Waals surface area (Å²) < 4.78 is 5.68. The number of pyridine rings is 2. The van der Waals surface area contributed by atoms with Gasteiger partial charge in [-0.15, -0.1) is 0 Å². The number of aromatic carboxylic acids is 1. The summed E-state index contributed by atoms with van der Waals surface area (Å²) in [5.74, 6) is -0.287. The maximum atomic E-state index is 10.9. The molecule has 0 aliphatic rings. The van der Waals surface area contributed by atoms with Gasteiger partial charge in [0.25, 0.3) is 0 Å². The summed E-state index contributed by atoms with van der Waals surface area (Å²) in [4.78, 5) is 19.3. The van der Waals surface area contributed by atoms with Gasteiger partial charge in [-0.1, -0.05) is 6.07 Å². The molecule has 0 fully saturated rings. The van der Waals surface area contributed by atoms with Crippen LogP contribution in [0.15, 0.2) is 48.8 Å². The molecule has 7 nitrogen and oxygen atoms in total. The number of carboxylic acids is 1. The van der Waals surface area contributed by atoms with E-state index in [4.69, 9.17) is 9.84 Å². The first-order chi connectivity index (χ1) is 12.2. The average Bonchev–Trinajstić information content (AvgIpc) is 3.17. The molecule has 0 atom stereocenters. The third-order valence-corrected chi connectivity index (χ3v) is 3.63. The summed E-state index contributed by atoms with van der Waals surface area (Å²) in [5, 5.41) is 15.7. The molecule has 3 heterocycles. The van der Waals surface area contributed by atoms with Crippen molar-refractivity contribution in [1.82, 2.24) is 20.2 Å². The SMILES string of the molecule is O=C(O)c1cccc(CCCCOc2ccc(-c3ccn[nH]3)nc2)n1. The van der Waals surface area contributed by atoms with Crippen LogP contribution in [0.1, 0.15) is 29.0 Å². The van der Waals surface area contributed by atoms with Crippen molar-refractivity contribution in [3.63, 3.8) is 0 Å². The molecule has 0 amide bonds. The predicted octanol–water partition coefficient (Wildman–Crippen LogP) is 2.97. The third-order valence-electron chi connectivity index (χ3n) is 3.63. The van der Waals surface area contributed by atoms with E-state index in [1.165, 1.54) is 6.07 Å². The highest BCUT2D eigenvalue weighted by Gasteiger charge is 2.05. The van der Waals surface area contributed by atoms with Crippen LogP contribution in [-0.4, -0.2) is 37.8 Å². The fraction of sp³-hybridized carbons (Fsp3) is 0.222. The Bertz CT molecular complexity index is 817. The lowest BCUT2D eigenvalue weighted by atomic mass is 10.2. The lowest BCUT2D eigenvalue weighted by Crippen LogP contribution is -2.03. The number of carboxylic acid groups (broad SMARTS) is 1. The van der Waals surface area contributed by atoms with Crippen LogP contribution in [0.2, 0.25) is 0 Å². The Kier molecular flexibility index (Phi) is 5.36. The molecule has 0 saturated carbocycles. The Morgan fingerprint density at radius 1 is 1.16 bits per heavy atom. The monoisotopic (exact) mass is 338 g/mol. The van der Waals surface area contributed by atoms with Gasteiger partial charge < -0.3 is 9.84 Å². The van der Waals surface area contributed by atoms with Gasteiger partial charge in [0.15, 0.2) is 0 Å². The Hall–Kier alpha value is -3.22. The van der Waals surface area contributed by atoms with E-state index in [2.05, 4.69) is 20.2 Å². The molecule has 3 aromatic rings. The maximum absolute atomic E-state index is 10.9. The number of aryl methyl sites for hydroxylation is 1. The van der Waals surface area contributed by atoms with E-state index in [1.807, 2.05) is 24.3 Å². The number of aromatic nitrogens is 4. The van der Waals surface area contributed by atoms with Gasteiger partial charge in [-0.25, -0.2) is 9.78 Å². The highest BCUT2D eigenvalue weighted by molar-refractivity contribution is 5.85. The molecule has 0 aliphatic heterocycles. The van der Waals surface area contributed by atoms with Crippen LogP contribution in [0.3, 0.4) is 0 Å². The number of ether oxygens (including phenoxy) is 1. The minimum atomic E-state index is -1.00. The first-order valence-corrected chi connectivity index (χ1v) is 8.00. The third kappa shape index (κ3) is 4.63. The summed E-state index contributed by atoms with van der Waals surface area (Å²) in [5.41, 5.74) is 2.54. The highest BCUT2D eigenvalue weighted by Crippen LogP contribution is 2.17. The van der Waals surface area contributed by atoms with E-state index in [0.29, 0.717) is 12.4 Å². The first-order valence-electron chi connectivity index (χ1n) is 8.00. The van der Waals surface area contributed by atoms with Crippen LogP contribution in [0.4, 0.5) is 0 Å². The normalized spacial score (nSPS) is 10.6. The number of carbonyl (C=O) groups is 1. The van der Waals surface area contributed by atoms with Crippen LogP contribution in [0.25, 0.3) is 11.4 Å². The van der Waals surface area contributed by atoms with Crippen molar-refractivity contribution in [3.05, 3.63) is 60.2 Å². The summed E-state index contributed by atoms with van der Waals surface area (Å²) in [6.45, 7) is 0.573.